The maximum absolute atomic E-state index is 11.9. The zero-order valence-corrected chi connectivity index (χ0v) is 10.5. The van der Waals surface area contributed by atoms with Crippen molar-refractivity contribution < 1.29 is 8.42 Å². The van der Waals surface area contributed by atoms with Crippen LogP contribution in [0.25, 0.3) is 0 Å². The number of thiazole rings is 1. The van der Waals surface area contributed by atoms with E-state index in [-0.39, 0.29) is 10.0 Å². The Labute approximate surface area is 103 Å². The lowest BCUT2D eigenvalue weighted by atomic mass is 10.4. The van der Waals surface area contributed by atoms with E-state index in [0.29, 0.717) is 10.7 Å². The zero-order chi connectivity index (χ0) is 12.5. The Hall–Kier alpha value is -1.67. The van der Waals surface area contributed by atoms with E-state index in [9.17, 15) is 8.42 Å². The third kappa shape index (κ3) is 2.71. The molecule has 0 fully saturated rings. The molecular weight excluding hydrogens is 260 g/mol. The predicted molar refractivity (Wildman–Crippen MR) is 66.3 cm³/mol. The molecule has 0 radical (unpaired) electrons. The fraction of sp³-hybridized carbons (Fsp3) is 0.111. The molecule has 6 nitrogen and oxygen atoms in total. The van der Waals surface area contributed by atoms with Crippen LogP contribution in [-0.2, 0) is 10.0 Å². The number of hydrogen-bond donors (Lipinski definition) is 2. The van der Waals surface area contributed by atoms with Crippen molar-refractivity contribution in [3.8, 4) is 0 Å². The number of nitrogen functional groups attached to an aromatic ring is 1. The second kappa shape index (κ2) is 4.30. The molecule has 90 valence electrons. The van der Waals surface area contributed by atoms with Gasteiger partial charge in [0.05, 0.1) is 23.1 Å². The van der Waals surface area contributed by atoms with E-state index in [1.54, 1.807) is 13.0 Å². The van der Waals surface area contributed by atoms with E-state index in [0.717, 1.165) is 11.3 Å². The first-order chi connectivity index (χ1) is 7.97. The topological polar surface area (TPSA) is 98.0 Å². The molecular formula is C9H10N4O2S2. The summed E-state index contributed by atoms with van der Waals surface area (Å²) in [5.74, 6) is 0.227. The zero-order valence-electron chi connectivity index (χ0n) is 8.91. The maximum Gasteiger partial charge on any atom is 0.274 e. The summed E-state index contributed by atoms with van der Waals surface area (Å²) in [5, 5.41) is 0.690. The number of sulfonamides is 1. The van der Waals surface area contributed by atoms with E-state index in [4.69, 9.17) is 5.73 Å². The summed E-state index contributed by atoms with van der Waals surface area (Å²) < 4.78 is 26.3. The van der Waals surface area contributed by atoms with Crippen molar-refractivity contribution in [2.75, 3.05) is 10.5 Å². The summed E-state index contributed by atoms with van der Waals surface area (Å²) in [6.07, 6.45) is 2.70. The largest absolute Gasteiger partial charge is 0.397 e. The van der Waals surface area contributed by atoms with Gasteiger partial charge in [-0.2, -0.15) is 0 Å². The molecule has 0 unspecified atom stereocenters. The summed E-state index contributed by atoms with van der Waals surface area (Å²) in [6, 6.07) is 3.07. The molecule has 8 heteroatoms. The molecule has 0 bridgehead atoms. The molecule has 2 heterocycles. The van der Waals surface area contributed by atoms with Crippen molar-refractivity contribution in [1.29, 1.82) is 0 Å². The minimum Gasteiger partial charge on any atom is -0.397 e. The van der Waals surface area contributed by atoms with Crippen molar-refractivity contribution in [2.45, 2.75) is 11.1 Å². The van der Waals surface area contributed by atoms with Gasteiger partial charge in [0.15, 0.2) is 4.21 Å². The van der Waals surface area contributed by atoms with Gasteiger partial charge in [-0.15, -0.1) is 11.3 Å². The third-order valence-corrected chi connectivity index (χ3v) is 4.62. The fourth-order valence-electron chi connectivity index (χ4n) is 1.12. The lowest BCUT2D eigenvalue weighted by molar-refractivity contribution is 0.603. The number of aromatic nitrogens is 2. The monoisotopic (exact) mass is 270 g/mol. The van der Waals surface area contributed by atoms with Crippen LogP contribution in [0.15, 0.2) is 28.7 Å². The Kier molecular flexibility index (Phi) is 2.99. The van der Waals surface area contributed by atoms with Gasteiger partial charge >= 0.3 is 0 Å². The molecule has 3 N–H and O–H groups in total. The SMILES string of the molecule is Cc1ncc(S(=O)(=O)Nc2ccc(N)cn2)s1. The minimum atomic E-state index is -3.60. The van der Waals surface area contributed by atoms with E-state index in [1.165, 1.54) is 18.5 Å². The predicted octanol–water partition coefficient (Wildman–Crippen LogP) is 1.23. The van der Waals surface area contributed by atoms with Crippen molar-refractivity contribution in [3.05, 3.63) is 29.5 Å². The van der Waals surface area contributed by atoms with E-state index in [1.807, 2.05) is 0 Å². The number of nitrogens with one attached hydrogen (secondary N) is 1. The molecule has 0 spiro atoms. The Morgan fingerprint density at radius 3 is 2.59 bits per heavy atom. The number of aryl methyl sites for hydroxylation is 1. The highest BCUT2D eigenvalue weighted by Crippen LogP contribution is 2.20. The van der Waals surface area contributed by atoms with Gasteiger partial charge in [0.25, 0.3) is 10.0 Å². The Balaban J connectivity index is 2.26. The highest BCUT2D eigenvalue weighted by molar-refractivity contribution is 7.94. The number of anilines is 2. The van der Waals surface area contributed by atoms with E-state index in [2.05, 4.69) is 14.7 Å². The summed E-state index contributed by atoms with van der Waals surface area (Å²) in [7, 11) is -3.60. The molecule has 0 aliphatic carbocycles. The van der Waals surface area contributed by atoms with Crippen LogP contribution in [0, 0.1) is 6.92 Å². The Morgan fingerprint density at radius 1 is 1.29 bits per heavy atom. The summed E-state index contributed by atoms with van der Waals surface area (Å²) >= 11 is 1.10. The first-order valence-corrected chi connectivity index (χ1v) is 6.94. The van der Waals surface area contributed by atoms with Gasteiger partial charge in [-0.3, -0.25) is 4.72 Å². The van der Waals surface area contributed by atoms with E-state index >= 15 is 0 Å². The van der Waals surface area contributed by atoms with Crippen LogP contribution in [-0.4, -0.2) is 18.4 Å². The van der Waals surface area contributed by atoms with Crippen molar-refractivity contribution in [1.82, 2.24) is 9.97 Å². The quantitative estimate of drug-likeness (QED) is 0.874. The van der Waals surface area contributed by atoms with Gasteiger partial charge in [0.2, 0.25) is 0 Å². The average Bonchev–Trinajstić information content (AvgIpc) is 2.69. The normalized spacial score (nSPS) is 11.4. The Bertz CT molecular complexity index is 619. The van der Waals surface area contributed by atoms with Crippen LogP contribution < -0.4 is 10.5 Å². The lowest BCUT2D eigenvalue weighted by Gasteiger charge is -2.04. The molecule has 0 aliphatic rings. The Morgan fingerprint density at radius 2 is 2.06 bits per heavy atom. The first-order valence-electron chi connectivity index (χ1n) is 4.64. The second-order valence-corrected chi connectivity index (χ2v) is 6.42. The molecule has 17 heavy (non-hydrogen) atoms. The molecule has 0 saturated heterocycles. The van der Waals surface area contributed by atoms with Gasteiger partial charge < -0.3 is 5.73 Å². The van der Waals surface area contributed by atoms with E-state index < -0.39 is 10.0 Å². The average molecular weight is 270 g/mol. The molecule has 0 aromatic carbocycles. The fourth-order valence-corrected chi connectivity index (χ4v) is 3.24. The molecule has 0 atom stereocenters. The van der Waals surface area contributed by atoms with Crippen molar-refractivity contribution in [2.24, 2.45) is 0 Å². The minimum absolute atomic E-state index is 0.161. The van der Waals surface area contributed by atoms with Crippen LogP contribution in [0.3, 0.4) is 0 Å². The van der Waals surface area contributed by atoms with Crippen LogP contribution in [0.4, 0.5) is 11.5 Å². The van der Waals surface area contributed by atoms with Gasteiger partial charge in [0.1, 0.15) is 5.82 Å². The smallest absolute Gasteiger partial charge is 0.274 e. The van der Waals surface area contributed by atoms with Crippen molar-refractivity contribution in [3.63, 3.8) is 0 Å². The molecule has 0 saturated carbocycles. The number of nitrogens with two attached hydrogens (primary N) is 1. The van der Waals surface area contributed by atoms with Gasteiger partial charge in [-0.25, -0.2) is 18.4 Å². The second-order valence-electron chi connectivity index (χ2n) is 3.28. The van der Waals surface area contributed by atoms with Crippen LogP contribution in [0.2, 0.25) is 0 Å². The van der Waals surface area contributed by atoms with Gasteiger partial charge in [0, 0.05) is 0 Å². The maximum atomic E-state index is 11.9. The summed E-state index contributed by atoms with van der Waals surface area (Å²) in [6.45, 7) is 1.74. The highest BCUT2D eigenvalue weighted by Gasteiger charge is 2.17. The highest BCUT2D eigenvalue weighted by atomic mass is 32.2. The number of nitrogens with zero attached hydrogens (tertiary/aromatic N) is 2. The van der Waals surface area contributed by atoms with Crippen molar-refractivity contribution >= 4 is 32.9 Å². The number of rotatable bonds is 3. The number of pyridine rings is 1. The lowest BCUT2D eigenvalue weighted by Crippen LogP contribution is -2.12. The molecule has 0 amide bonds. The molecule has 0 aliphatic heterocycles. The third-order valence-electron chi connectivity index (χ3n) is 1.89. The summed E-state index contributed by atoms with van der Waals surface area (Å²) in [4.78, 5) is 7.76. The number of hydrogen-bond acceptors (Lipinski definition) is 6. The molecule has 2 rings (SSSR count). The van der Waals surface area contributed by atoms with Crippen LogP contribution in [0.1, 0.15) is 5.01 Å². The molecule has 2 aromatic rings. The first kappa shape index (κ1) is 11.8. The van der Waals surface area contributed by atoms with Crippen LogP contribution in [0.5, 0.6) is 0 Å². The van der Waals surface area contributed by atoms with Gasteiger partial charge in [-0.05, 0) is 19.1 Å². The summed E-state index contributed by atoms with van der Waals surface area (Å²) in [5.41, 5.74) is 5.93. The molecule has 2 aromatic heterocycles. The van der Waals surface area contributed by atoms with Gasteiger partial charge in [-0.1, -0.05) is 0 Å². The standard InChI is InChI=1S/C9H10N4O2S2/c1-6-11-5-9(16-6)17(14,15)13-8-3-2-7(10)4-12-8/h2-5H,10H2,1H3,(H,12,13). The van der Waals surface area contributed by atoms with Crippen LogP contribution >= 0.6 is 11.3 Å².